The number of hydrogen-bond donors (Lipinski definition) is 0. The van der Waals surface area contributed by atoms with Crippen LogP contribution in [0.3, 0.4) is 0 Å². The van der Waals surface area contributed by atoms with Gasteiger partial charge in [0.1, 0.15) is 0 Å². The van der Waals surface area contributed by atoms with Gasteiger partial charge >= 0.3 is 0 Å². The summed E-state index contributed by atoms with van der Waals surface area (Å²) in [6, 6.07) is 8.40. The van der Waals surface area contributed by atoms with Gasteiger partial charge in [0.2, 0.25) is 0 Å². The molecular formula is C11H12N2S. The highest BCUT2D eigenvalue weighted by atomic mass is 32.2. The molecule has 72 valence electrons. The van der Waals surface area contributed by atoms with Crippen molar-refractivity contribution in [1.82, 2.24) is 9.55 Å². The van der Waals surface area contributed by atoms with Gasteiger partial charge in [-0.1, -0.05) is 23.9 Å². The largest absolute Gasteiger partial charge is 0.319 e. The molecule has 0 bridgehead atoms. The third kappa shape index (κ3) is 1.23. The Hall–Kier alpha value is -0.960. The molecule has 0 fully saturated rings. The molecule has 0 amide bonds. The van der Waals surface area contributed by atoms with Crippen LogP contribution >= 0.6 is 11.8 Å². The summed E-state index contributed by atoms with van der Waals surface area (Å²) >= 11 is 1.89. The van der Waals surface area contributed by atoms with Gasteiger partial charge < -0.3 is 4.57 Å². The number of imidazole rings is 1. The van der Waals surface area contributed by atoms with E-state index in [2.05, 4.69) is 33.8 Å². The number of para-hydroxylation sites is 2. The average molecular weight is 204 g/mol. The van der Waals surface area contributed by atoms with Gasteiger partial charge in [0.25, 0.3) is 0 Å². The number of aromatic nitrogens is 2. The van der Waals surface area contributed by atoms with Crippen molar-refractivity contribution in [2.24, 2.45) is 0 Å². The summed E-state index contributed by atoms with van der Waals surface area (Å²) < 4.78 is 2.35. The normalized spacial score (nSPS) is 16.6. The summed E-state index contributed by atoms with van der Waals surface area (Å²) in [7, 11) is 0. The highest BCUT2D eigenvalue weighted by Crippen LogP contribution is 2.27. The van der Waals surface area contributed by atoms with Gasteiger partial charge in [-0.25, -0.2) is 4.98 Å². The highest BCUT2D eigenvalue weighted by molar-refractivity contribution is 7.99. The van der Waals surface area contributed by atoms with E-state index in [9.17, 15) is 0 Å². The fourth-order valence-electron chi connectivity index (χ4n) is 1.92. The number of benzene rings is 1. The zero-order valence-electron chi connectivity index (χ0n) is 7.94. The molecule has 2 nitrogen and oxygen atoms in total. The van der Waals surface area contributed by atoms with Crippen LogP contribution < -0.4 is 0 Å². The molecule has 1 aromatic heterocycles. The Balaban J connectivity index is 2.24. The summed E-state index contributed by atoms with van der Waals surface area (Å²) in [6.45, 7) is 1.13. The average Bonchev–Trinajstić information content (AvgIpc) is 2.42. The van der Waals surface area contributed by atoms with Crippen molar-refractivity contribution in [1.29, 1.82) is 0 Å². The summed E-state index contributed by atoms with van der Waals surface area (Å²) in [6.07, 6.45) is 2.59. The van der Waals surface area contributed by atoms with Crippen LogP contribution in [0.1, 0.15) is 12.8 Å². The predicted octanol–water partition coefficient (Wildman–Crippen LogP) is 2.92. The van der Waals surface area contributed by atoms with E-state index in [1.54, 1.807) is 0 Å². The zero-order chi connectivity index (χ0) is 9.38. The number of rotatable bonds is 0. The van der Waals surface area contributed by atoms with Gasteiger partial charge in [-0.05, 0) is 25.0 Å². The Bertz CT molecular complexity index is 461. The summed E-state index contributed by atoms with van der Waals surface area (Å²) in [5, 5.41) is 1.20. The molecule has 0 N–H and O–H groups in total. The van der Waals surface area contributed by atoms with Gasteiger partial charge in [0.05, 0.1) is 11.0 Å². The van der Waals surface area contributed by atoms with E-state index in [1.165, 1.54) is 29.3 Å². The number of hydrogen-bond acceptors (Lipinski definition) is 2. The van der Waals surface area contributed by atoms with E-state index < -0.39 is 0 Å². The van der Waals surface area contributed by atoms with Gasteiger partial charge in [-0.3, -0.25) is 0 Å². The molecule has 2 aromatic rings. The first-order valence-corrected chi connectivity index (χ1v) is 6.02. The number of aryl methyl sites for hydroxylation is 1. The van der Waals surface area contributed by atoms with E-state index in [-0.39, 0.29) is 0 Å². The van der Waals surface area contributed by atoms with Crippen molar-refractivity contribution in [3.63, 3.8) is 0 Å². The summed E-state index contributed by atoms with van der Waals surface area (Å²) in [5.41, 5.74) is 2.42. The third-order valence-electron chi connectivity index (χ3n) is 2.63. The standard InChI is InChI=1S/C11H12N2S/c1-2-6-10-9(5-1)12-11-13(10)7-3-4-8-14-11/h1-2,5-6H,3-4,7-8H2. The van der Waals surface area contributed by atoms with Crippen molar-refractivity contribution >= 4 is 22.8 Å². The van der Waals surface area contributed by atoms with Crippen LogP contribution in [0.5, 0.6) is 0 Å². The maximum Gasteiger partial charge on any atom is 0.169 e. The minimum absolute atomic E-state index is 1.13. The third-order valence-corrected chi connectivity index (χ3v) is 3.69. The molecule has 0 spiro atoms. The Labute approximate surface area is 87.3 Å². The lowest BCUT2D eigenvalue weighted by atomic mass is 10.3. The van der Waals surface area contributed by atoms with Gasteiger partial charge in [-0.2, -0.15) is 0 Å². The highest BCUT2D eigenvalue weighted by Gasteiger charge is 2.12. The minimum atomic E-state index is 1.13. The Morgan fingerprint density at radius 1 is 1.21 bits per heavy atom. The first-order chi connectivity index (χ1) is 6.95. The Morgan fingerprint density at radius 3 is 3.14 bits per heavy atom. The molecule has 0 saturated heterocycles. The monoisotopic (exact) mass is 204 g/mol. The molecule has 14 heavy (non-hydrogen) atoms. The van der Waals surface area contributed by atoms with Crippen molar-refractivity contribution < 1.29 is 0 Å². The van der Waals surface area contributed by atoms with Crippen molar-refractivity contribution in [3.8, 4) is 0 Å². The van der Waals surface area contributed by atoms with E-state index in [0.29, 0.717) is 0 Å². The van der Waals surface area contributed by atoms with Crippen LogP contribution in [-0.2, 0) is 6.54 Å². The second-order valence-corrected chi connectivity index (χ2v) is 4.65. The van der Waals surface area contributed by atoms with Crippen molar-refractivity contribution in [2.75, 3.05) is 5.75 Å². The molecule has 0 unspecified atom stereocenters. The van der Waals surface area contributed by atoms with Gasteiger partial charge in [0.15, 0.2) is 5.16 Å². The number of thioether (sulfide) groups is 1. The van der Waals surface area contributed by atoms with Crippen LogP contribution in [0.15, 0.2) is 29.4 Å². The summed E-state index contributed by atoms with van der Waals surface area (Å²) in [5.74, 6) is 1.21. The first-order valence-electron chi connectivity index (χ1n) is 5.03. The number of fused-ring (bicyclic) bond motifs is 3. The molecule has 0 radical (unpaired) electrons. The lowest BCUT2D eigenvalue weighted by Gasteiger charge is -2.02. The minimum Gasteiger partial charge on any atom is -0.319 e. The van der Waals surface area contributed by atoms with Crippen LogP contribution in [0.4, 0.5) is 0 Å². The predicted molar refractivity (Wildman–Crippen MR) is 59.7 cm³/mol. The molecular weight excluding hydrogens is 192 g/mol. The molecule has 1 aromatic carbocycles. The molecule has 0 aliphatic carbocycles. The zero-order valence-corrected chi connectivity index (χ0v) is 8.76. The lowest BCUT2D eigenvalue weighted by molar-refractivity contribution is 0.618. The second-order valence-electron chi connectivity index (χ2n) is 3.59. The topological polar surface area (TPSA) is 17.8 Å². The smallest absolute Gasteiger partial charge is 0.169 e. The van der Waals surface area contributed by atoms with E-state index in [1.807, 2.05) is 11.8 Å². The molecule has 3 rings (SSSR count). The van der Waals surface area contributed by atoms with E-state index in [0.717, 1.165) is 12.1 Å². The van der Waals surface area contributed by atoms with Crippen LogP contribution in [-0.4, -0.2) is 15.3 Å². The molecule has 0 saturated carbocycles. The van der Waals surface area contributed by atoms with Crippen LogP contribution in [0.25, 0.3) is 11.0 Å². The fourth-order valence-corrected chi connectivity index (χ4v) is 2.95. The molecule has 2 heterocycles. The van der Waals surface area contributed by atoms with E-state index >= 15 is 0 Å². The Morgan fingerprint density at radius 2 is 2.14 bits per heavy atom. The molecule has 1 aliphatic rings. The van der Waals surface area contributed by atoms with Gasteiger partial charge in [0, 0.05) is 12.3 Å². The molecule has 1 aliphatic heterocycles. The maximum atomic E-state index is 4.64. The quantitative estimate of drug-likeness (QED) is 0.656. The molecule has 0 atom stereocenters. The van der Waals surface area contributed by atoms with Crippen molar-refractivity contribution in [2.45, 2.75) is 24.5 Å². The molecule has 3 heteroatoms. The first kappa shape index (κ1) is 8.36. The Kier molecular flexibility index (Phi) is 1.98. The second kappa shape index (κ2) is 3.31. The van der Waals surface area contributed by atoms with Crippen LogP contribution in [0, 0.1) is 0 Å². The maximum absolute atomic E-state index is 4.64. The SMILES string of the molecule is c1ccc2c(c1)nc1n2CCCCS1. The summed E-state index contributed by atoms with van der Waals surface area (Å²) in [4.78, 5) is 4.64. The van der Waals surface area contributed by atoms with E-state index in [4.69, 9.17) is 0 Å². The van der Waals surface area contributed by atoms with Crippen molar-refractivity contribution in [3.05, 3.63) is 24.3 Å². The number of nitrogens with zero attached hydrogens (tertiary/aromatic N) is 2. The fraction of sp³-hybridized carbons (Fsp3) is 0.364. The lowest BCUT2D eigenvalue weighted by Crippen LogP contribution is -1.96. The van der Waals surface area contributed by atoms with Gasteiger partial charge in [-0.15, -0.1) is 0 Å². The van der Waals surface area contributed by atoms with Crippen LogP contribution in [0.2, 0.25) is 0 Å².